The zero-order chi connectivity index (χ0) is 18.7. The van der Waals surface area contributed by atoms with Gasteiger partial charge < -0.3 is 4.90 Å². The number of amides is 1. The number of hydrogen-bond acceptors (Lipinski definition) is 5. The number of rotatable bonds is 6. The summed E-state index contributed by atoms with van der Waals surface area (Å²) in [6.07, 6.45) is 0. The summed E-state index contributed by atoms with van der Waals surface area (Å²) in [5, 5.41) is 1.16. The predicted molar refractivity (Wildman–Crippen MR) is 108 cm³/mol. The van der Waals surface area contributed by atoms with E-state index in [0.29, 0.717) is 33.5 Å². The fourth-order valence-corrected chi connectivity index (χ4v) is 4.68. The number of fused-ring (bicyclic) bond motifs is 1. The molecule has 0 saturated heterocycles. The molecule has 8 heteroatoms. The highest BCUT2D eigenvalue weighted by atomic mass is 35.5. The molecule has 0 N–H and O–H groups in total. The third-order valence-corrected chi connectivity index (χ3v) is 6.09. The van der Waals surface area contributed by atoms with Crippen LogP contribution in [0.5, 0.6) is 0 Å². The van der Waals surface area contributed by atoms with Gasteiger partial charge in [0.2, 0.25) is 5.91 Å². The first-order chi connectivity index (χ1) is 12.5. The van der Waals surface area contributed by atoms with Gasteiger partial charge in [0.25, 0.3) is 5.56 Å². The van der Waals surface area contributed by atoms with E-state index in [4.69, 9.17) is 11.6 Å². The van der Waals surface area contributed by atoms with E-state index in [1.807, 2.05) is 37.3 Å². The number of hydrogen-bond donors (Lipinski definition) is 0. The van der Waals surface area contributed by atoms with Crippen molar-refractivity contribution in [3.8, 4) is 0 Å². The van der Waals surface area contributed by atoms with Crippen molar-refractivity contribution >= 4 is 51.5 Å². The smallest absolute Gasteiger partial charge is 0.262 e. The summed E-state index contributed by atoms with van der Waals surface area (Å²) in [4.78, 5) is 32.3. The highest BCUT2D eigenvalue weighted by molar-refractivity contribution is 7.99. The molecule has 0 saturated carbocycles. The Hall–Kier alpha value is -1.83. The van der Waals surface area contributed by atoms with Gasteiger partial charge in [-0.25, -0.2) is 4.98 Å². The van der Waals surface area contributed by atoms with Crippen LogP contribution in [0.2, 0.25) is 4.34 Å². The average Bonchev–Trinajstić information content (AvgIpc) is 3.04. The fourth-order valence-electron chi connectivity index (χ4n) is 2.53. The van der Waals surface area contributed by atoms with Crippen LogP contribution in [0, 0.1) is 0 Å². The molecule has 3 aromatic rings. The minimum atomic E-state index is -0.0744. The van der Waals surface area contributed by atoms with Crippen LogP contribution in [0.4, 0.5) is 0 Å². The standard InChI is InChI=1S/C18H18ClN3O2S2/c1-3-22-17(24)13-6-4-5-7-14(13)20-18(22)25-11-16(23)21(2)10-12-8-9-15(19)26-12/h4-9H,3,10-11H2,1-2H3. The Labute approximate surface area is 164 Å². The lowest BCUT2D eigenvalue weighted by Gasteiger charge is -2.16. The van der Waals surface area contributed by atoms with Crippen LogP contribution in [0.25, 0.3) is 10.9 Å². The number of thiophene rings is 1. The maximum atomic E-state index is 12.6. The molecule has 0 radical (unpaired) electrons. The molecule has 0 spiro atoms. The summed E-state index contributed by atoms with van der Waals surface area (Å²) in [5.41, 5.74) is 0.577. The molecule has 0 unspecified atom stereocenters. The van der Waals surface area contributed by atoms with E-state index in [1.165, 1.54) is 23.1 Å². The Bertz CT molecular complexity index is 1000. The normalized spacial score (nSPS) is 11.0. The topological polar surface area (TPSA) is 55.2 Å². The zero-order valence-corrected chi connectivity index (χ0v) is 16.8. The molecule has 0 aliphatic rings. The number of aromatic nitrogens is 2. The van der Waals surface area contributed by atoms with Gasteiger partial charge in [0.05, 0.1) is 27.5 Å². The maximum Gasteiger partial charge on any atom is 0.262 e. The quantitative estimate of drug-likeness (QED) is 0.459. The molecule has 0 fully saturated rings. The minimum absolute atomic E-state index is 0.0235. The van der Waals surface area contributed by atoms with Crippen LogP contribution >= 0.6 is 34.7 Å². The van der Waals surface area contributed by atoms with Gasteiger partial charge >= 0.3 is 0 Å². The molecule has 1 amide bonds. The molecule has 5 nitrogen and oxygen atoms in total. The molecule has 0 aliphatic heterocycles. The lowest BCUT2D eigenvalue weighted by atomic mass is 10.2. The number of nitrogens with zero attached hydrogens (tertiary/aromatic N) is 3. The number of benzene rings is 1. The van der Waals surface area contributed by atoms with Gasteiger partial charge in [0.15, 0.2) is 5.16 Å². The molecule has 2 heterocycles. The summed E-state index contributed by atoms with van der Waals surface area (Å²) >= 11 is 8.69. The first-order valence-corrected chi connectivity index (χ1v) is 10.3. The number of carbonyl (C=O) groups is 1. The van der Waals surface area contributed by atoms with Gasteiger partial charge in [0, 0.05) is 18.5 Å². The molecule has 0 aliphatic carbocycles. The van der Waals surface area contributed by atoms with Crippen molar-refractivity contribution in [2.45, 2.75) is 25.2 Å². The van der Waals surface area contributed by atoms with E-state index in [9.17, 15) is 9.59 Å². The van der Waals surface area contributed by atoms with Crippen molar-refractivity contribution in [3.63, 3.8) is 0 Å². The van der Waals surface area contributed by atoms with Crippen molar-refractivity contribution in [1.82, 2.24) is 14.5 Å². The molecule has 0 bridgehead atoms. The molecule has 136 valence electrons. The Morgan fingerprint density at radius 1 is 1.31 bits per heavy atom. The van der Waals surface area contributed by atoms with Crippen LogP contribution in [-0.4, -0.2) is 33.2 Å². The van der Waals surface area contributed by atoms with Gasteiger partial charge in [0.1, 0.15) is 0 Å². The number of halogens is 1. The summed E-state index contributed by atoms with van der Waals surface area (Å²) in [7, 11) is 1.76. The molecular weight excluding hydrogens is 390 g/mol. The number of carbonyl (C=O) groups excluding carboxylic acids is 1. The van der Waals surface area contributed by atoms with Crippen molar-refractivity contribution in [2.24, 2.45) is 0 Å². The van der Waals surface area contributed by atoms with Crippen LogP contribution < -0.4 is 5.56 Å². The highest BCUT2D eigenvalue weighted by Gasteiger charge is 2.15. The number of thioether (sulfide) groups is 1. The summed E-state index contributed by atoms with van der Waals surface area (Å²) < 4.78 is 2.32. The highest BCUT2D eigenvalue weighted by Crippen LogP contribution is 2.23. The first kappa shape index (κ1) is 18.9. The fraction of sp³-hybridized carbons (Fsp3) is 0.278. The van der Waals surface area contributed by atoms with Gasteiger partial charge in [-0.2, -0.15) is 0 Å². The van der Waals surface area contributed by atoms with Gasteiger partial charge in [-0.1, -0.05) is 35.5 Å². The summed E-state index contributed by atoms with van der Waals surface area (Å²) in [5.74, 6) is 0.199. The van der Waals surface area contributed by atoms with E-state index in [1.54, 1.807) is 22.6 Å². The van der Waals surface area contributed by atoms with E-state index in [2.05, 4.69) is 4.98 Å². The summed E-state index contributed by atoms with van der Waals surface area (Å²) in [6.45, 7) is 2.93. The molecular formula is C18H18ClN3O2S2. The van der Waals surface area contributed by atoms with Crippen molar-refractivity contribution in [2.75, 3.05) is 12.8 Å². The van der Waals surface area contributed by atoms with E-state index in [-0.39, 0.29) is 17.2 Å². The molecule has 3 rings (SSSR count). The SMILES string of the molecule is CCn1c(SCC(=O)N(C)Cc2ccc(Cl)s2)nc2ccccc2c1=O. The Balaban J connectivity index is 1.74. The second kappa shape index (κ2) is 8.24. The van der Waals surface area contributed by atoms with E-state index >= 15 is 0 Å². The Kier molecular flexibility index (Phi) is 6.01. The van der Waals surface area contributed by atoms with Crippen molar-refractivity contribution in [3.05, 3.63) is 56.0 Å². The molecule has 26 heavy (non-hydrogen) atoms. The van der Waals surface area contributed by atoms with Crippen LogP contribution in [0.3, 0.4) is 0 Å². The lowest BCUT2D eigenvalue weighted by Crippen LogP contribution is -2.28. The predicted octanol–water partition coefficient (Wildman–Crippen LogP) is 3.88. The molecule has 2 aromatic heterocycles. The van der Waals surface area contributed by atoms with E-state index in [0.717, 1.165) is 4.88 Å². The molecule has 1 aromatic carbocycles. The molecule has 0 atom stereocenters. The first-order valence-electron chi connectivity index (χ1n) is 8.10. The third-order valence-electron chi connectivity index (χ3n) is 3.92. The number of para-hydroxylation sites is 1. The van der Waals surface area contributed by atoms with Crippen LogP contribution in [-0.2, 0) is 17.9 Å². The minimum Gasteiger partial charge on any atom is -0.340 e. The van der Waals surface area contributed by atoms with Crippen LogP contribution in [0.1, 0.15) is 11.8 Å². The average molecular weight is 408 g/mol. The second-order valence-corrected chi connectivity index (χ2v) is 8.45. The lowest BCUT2D eigenvalue weighted by molar-refractivity contribution is -0.127. The second-order valence-electron chi connectivity index (χ2n) is 5.71. The Morgan fingerprint density at radius 2 is 2.08 bits per heavy atom. The third kappa shape index (κ3) is 4.11. The van der Waals surface area contributed by atoms with Gasteiger partial charge in [-0.05, 0) is 31.2 Å². The van der Waals surface area contributed by atoms with Crippen molar-refractivity contribution < 1.29 is 4.79 Å². The Morgan fingerprint density at radius 3 is 2.77 bits per heavy atom. The largest absolute Gasteiger partial charge is 0.340 e. The van der Waals surface area contributed by atoms with Crippen LogP contribution in [0.15, 0.2) is 46.3 Å². The maximum absolute atomic E-state index is 12.6. The zero-order valence-electron chi connectivity index (χ0n) is 14.4. The van der Waals surface area contributed by atoms with Gasteiger partial charge in [-0.3, -0.25) is 14.2 Å². The summed E-state index contributed by atoms with van der Waals surface area (Å²) in [6, 6.07) is 11.0. The van der Waals surface area contributed by atoms with Gasteiger partial charge in [-0.15, -0.1) is 11.3 Å². The monoisotopic (exact) mass is 407 g/mol. The van der Waals surface area contributed by atoms with E-state index < -0.39 is 0 Å². The van der Waals surface area contributed by atoms with Crippen molar-refractivity contribution in [1.29, 1.82) is 0 Å².